The highest BCUT2D eigenvalue weighted by molar-refractivity contribution is 9.10. The molecular weight excluding hydrogens is 438 g/mol. The van der Waals surface area contributed by atoms with Gasteiger partial charge < -0.3 is 19.5 Å². The first kappa shape index (κ1) is 21.1. The summed E-state index contributed by atoms with van der Waals surface area (Å²) in [5, 5.41) is 11.0. The van der Waals surface area contributed by atoms with Crippen molar-refractivity contribution >= 4 is 33.4 Å². The van der Waals surface area contributed by atoms with E-state index < -0.39 is 17.7 Å². The SMILES string of the molecule is COCCN1C(=O)C(=O)/C(=C(\O)c2ccc(Br)c(C)c2)C1c1ccc(OC)cc1. The number of halogens is 1. The zero-order valence-corrected chi connectivity index (χ0v) is 18.0. The number of aliphatic hydroxyl groups is 1. The lowest BCUT2D eigenvalue weighted by molar-refractivity contribution is -0.140. The maximum absolute atomic E-state index is 12.9. The summed E-state index contributed by atoms with van der Waals surface area (Å²) < 4.78 is 11.2. The fourth-order valence-corrected chi connectivity index (χ4v) is 3.63. The molecule has 7 heteroatoms. The lowest BCUT2D eigenvalue weighted by Gasteiger charge is -2.25. The Bertz CT molecular complexity index is 968. The van der Waals surface area contributed by atoms with Crippen molar-refractivity contribution in [2.24, 2.45) is 0 Å². The van der Waals surface area contributed by atoms with E-state index in [0.29, 0.717) is 16.9 Å². The van der Waals surface area contributed by atoms with E-state index in [1.165, 1.54) is 12.0 Å². The molecule has 0 aromatic heterocycles. The summed E-state index contributed by atoms with van der Waals surface area (Å²) >= 11 is 3.43. The van der Waals surface area contributed by atoms with Crippen LogP contribution < -0.4 is 4.74 Å². The Labute approximate surface area is 177 Å². The largest absolute Gasteiger partial charge is 0.507 e. The fourth-order valence-electron chi connectivity index (χ4n) is 3.38. The van der Waals surface area contributed by atoms with E-state index in [9.17, 15) is 14.7 Å². The monoisotopic (exact) mass is 459 g/mol. The molecule has 6 nitrogen and oxygen atoms in total. The van der Waals surface area contributed by atoms with Gasteiger partial charge in [-0.2, -0.15) is 0 Å². The van der Waals surface area contributed by atoms with Gasteiger partial charge >= 0.3 is 0 Å². The molecule has 1 aliphatic rings. The maximum atomic E-state index is 12.9. The normalized spacial score (nSPS) is 18.3. The zero-order valence-electron chi connectivity index (χ0n) is 16.4. The Hall–Kier alpha value is -2.64. The van der Waals surface area contributed by atoms with Gasteiger partial charge in [-0.15, -0.1) is 0 Å². The number of nitrogens with zero attached hydrogens (tertiary/aromatic N) is 1. The molecule has 0 bridgehead atoms. The molecule has 3 rings (SSSR count). The van der Waals surface area contributed by atoms with Crippen LogP contribution >= 0.6 is 15.9 Å². The van der Waals surface area contributed by atoms with Crippen molar-refractivity contribution in [3.63, 3.8) is 0 Å². The van der Waals surface area contributed by atoms with Gasteiger partial charge in [0, 0.05) is 23.7 Å². The van der Waals surface area contributed by atoms with E-state index in [1.807, 2.05) is 6.92 Å². The number of ketones is 1. The van der Waals surface area contributed by atoms with Crippen LogP contribution in [0.3, 0.4) is 0 Å². The first-order valence-electron chi connectivity index (χ1n) is 9.06. The molecule has 0 radical (unpaired) electrons. The van der Waals surface area contributed by atoms with Crippen LogP contribution in [0, 0.1) is 6.92 Å². The number of aliphatic hydroxyl groups excluding tert-OH is 1. The second-order valence-electron chi connectivity index (χ2n) is 6.72. The second kappa shape index (κ2) is 8.80. The number of carbonyl (C=O) groups is 2. The number of carbonyl (C=O) groups excluding carboxylic acids is 2. The molecule has 1 heterocycles. The minimum Gasteiger partial charge on any atom is -0.507 e. The van der Waals surface area contributed by atoms with Crippen LogP contribution in [-0.2, 0) is 14.3 Å². The van der Waals surface area contributed by atoms with Crippen molar-refractivity contribution in [2.75, 3.05) is 27.4 Å². The molecule has 152 valence electrons. The van der Waals surface area contributed by atoms with Gasteiger partial charge in [-0.05, 0) is 42.3 Å². The third-order valence-corrected chi connectivity index (χ3v) is 5.83. The van der Waals surface area contributed by atoms with Gasteiger partial charge in [-0.3, -0.25) is 9.59 Å². The number of ether oxygens (including phenoxy) is 2. The third kappa shape index (κ3) is 4.06. The highest BCUT2D eigenvalue weighted by Gasteiger charge is 2.45. The molecule has 1 aliphatic heterocycles. The Balaban J connectivity index is 2.15. The van der Waals surface area contributed by atoms with Crippen molar-refractivity contribution < 1.29 is 24.2 Å². The number of benzene rings is 2. The minimum atomic E-state index is -0.708. The number of likely N-dealkylation sites (tertiary alicyclic amines) is 1. The van der Waals surface area contributed by atoms with Gasteiger partial charge in [0.05, 0.1) is 25.3 Å². The number of aryl methyl sites for hydroxylation is 1. The molecular formula is C22H22BrNO5. The van der Waals surface area contributed by atoms with Crippen molar-refractivity contribution in [1.82, 2.24) is 4.90 Å². The molecule has 1 atom stereocenters. The molecule has 0 saturated carbocycles. The average Bonchev–Trinajstić information content (AvgIpc) is 2.98. The summed E-state index contributed by atoms with van der Waals surface area (Å²) in [5.74, 6) is -0.899. The summed E-state index contributed by atoms with van der Waals surface area (Å²) in [6.45, 7) is 2.39. The molecule has 2 aromatic carbocycles. The topological polar surface area (TPSA) is 76.1 Å². The van der Waals surface area contributed by atoms with Crippen molar-refractivity contribution in [3.8, 4) is 5.75 Å². The van der Waals surface area contributed by atoms with Gasteiger partial charge in [-0.25, -0.2) is 0 Å². The Morgan fingerprint density at radius 1 is 1.14 bits per heavy atom. The molecule has 1 unspecified atom stereocenters. The second-order valence-corrected chi connectivity index (χ2v) is 7.58. The lowest BCUT2D eigenvalue weighted by atomic mass is 9.95. The zero-order chi connectivity index (χ0) is 21.1. The molecule has 0 aliphatic carbocycles. The van der Waals surface area contributed by atoms with Crippen molar-refractivity contribution in [1.29, 1.82) is 0 Å². The minimum absolute atomic E-state index is 0.0676. The average molecular weight is 460 g/mol. The van der Waals surface area contributed by atoms with Crippen LogP contribution in [0.4, 0.5) is 0 Å². The number of hydrogen-bond donors (Lipinski definition) is 1. The molecule has 1 fully saturated rings. The molecule has 1 saturated heterocycles. The van der Waals surface area contributed by atoms with Crippen LogP contribution in [0.1, 0.15) is 22.7 Å². The fraction of sp³-hybridized carbons (Fsp3) is 0.273. The highest BCUT2D eigenvalue weighted by atomic mass is 79.9. The Morgan fingerprint density at radius 3 is 2.41 bits per heavy atom. The predicted molar refractivity (Wildman–Crippen MR) is 113 cm³/mol. The van der Waals surface area contributed by atoms with Crippen LogP contribution in [0.2, 0.25) is 0 Å². The van der Waals surface area contributed by atoms with E-state index in [4.69, 9.17) is 9.47 Å². The van der Waals surface area contributed by atoms with E-state index in [-0.39, 0.29) is 24.5 Å². The van der Waals surface area contributed by atoms with E-state index in [1.54, 1.807) is 49.6 Å². The van der Waals surface area contributed by atoms with Crippen LogP contribution in [-0.4, -0.2) is 49.1 Å². The summed E-state index contributed by atoms with van der Waals surface area (Å²) in [4.78, 5) is 27.0. The number of Topliss-reactive ketones (excluding diaryl/α,β-unsaturated/α-hetero) is 1. The van der Waals surface area contributed by atoms with Gasteiger partial charge in [0.1, 0.15) is 11.5 Å². The van der Waals surface area contributed by atoms with Crippen LogP contribution in [0.5, 0.6) is 5.75 Å². The van der Waals surface area contributed by atoms with Gasteiger partial charge in [0.2, 0.25) is 0 Å². The van der Waals surface area contributed by atoms with Gasteiger partial charge in [-0.1, -0.05) is 34.1 Å². The molecule has 1 amide bonds. The standard InChI is InChI=1S/C22H22BrNO5/c1-13-12-15(6-9-17(13)23)20(25)18-19(14-4-7-16(29-3)8-5-14)24(10-11-28-2)22(27)21(18)26/h4-9,12,19,25H,10-11H2,1-3H3/b20-18-. The van der Waals surface area contributed by atoms with Crippen molar-refractivity contribution in [2.45, 2.75) is 13.0 Å². The summed E-state index contributed by atoms with van der Waals surface area (Å²) in [7, 11) is 3.10. The number of methoxy groups -OCH3 is 2. The van der Waals surface area contributed by atoms with Crippen LogP contribution in [0.25, 0.3) is 5.76 Å². The smallest absolute Gasteiger partial charge is 0.295 e. The third-order valence-electron chi connectivity index (χ3n) is 4.94. The first-order chi connectivity index (χ1) is 13.9. The molecule has 2 aromatic rings. The molecule has 1 N–H and O–H groups in total. The Kier molecular flexibility index (Phi) is 6.39. The van der Waals surface area contributed by atoms with Gasteiger partial charge in [0.15, 0.2) is 0 Å². The highest BCUT2D eigenvalue weighted by Crippen LogP contribution is 2.40. The van der Waals surface area contributed by atoms with E-state index in [0.717, 1.165) is 10.0 Å². The maximum Gasteiger partial charge on any atom is 0.295 e. The molecule has 29 heavy (non-hydrogen) atoms. The number of hydrogen-bond acceptors (Lipinski definition) is 5. The van der Waals surface area contributed by atoms with Gasteiger partial charge in [0.25, 0.3) is 11.7 Å². The quantitative estimate of drug-likeness (QED) is 0.403. The van der Waals surface area contributed by atoms with E-state index in [2.05, 4.69) is 15.9 Å². The Morgan fingerprint density at radius 2 is 1.83 bits per heavy atom. The lowest BCUT2D eigenvalue weighted by Crippen LogP contribution is -2.32. The van der Waals surface area contributed by atoms with E-state index >= 15 is 0 Å². The summed E-state index contributed by atoms with van der Waals surface area (Å²) in [5.41, 5.74) is 2.16. The number of rotatable bonds is 6. The summed E-state index contributed by atoms with van der Waals surface area (Å²) in [6.07, 6.45) is 0. The summed E-state index contributed by atoms with van der Waals surface area (Å²) in [6, 6.07) is 11.7. The van der Waals surface area contributed by atoms with Crippen LogP contribution in [0.15, 0.2) is 52.5 Å². The predicted octanol–water partition coefficient (Wildman–Crippen LogP) is 3.83. The number of amides is 1. The first-order valence-corrected chi connectivity index (χ1v) is 9.86. The molecule has 0 spiro atoms. The van der Waals surface area contributed by atoms with Crippen molar-refractivity contribution in [3.05, 3.63) is 69.2 Å².